The Kier molecular flexibility index (Phi) is 4.42. The Morgan fingerprint density at radius 2 is 2.00 bits per heavy atom. The first-order valence-electron chi connectivity index (χ1n) is 7.78. The number of hydrogen-bond acceptors (Lipinski definition) is 6. The lowest BCUT2D eigenvalue weighted by Gasteiger charge is -2.15. The molecule has 1 N–H and O–H groups in total. The first kappa shape index (κ1) is 16.7. The average molecular weight is 341 g/mol. The second kappa shape index (κ2) is 6.37. The van der Waals surface area contributed by atoms with E-state index < -0.39 is 11.9 Å². The number of aryl methyl sites for hydroxylation is 2. The summed E-state index contributed by atoms with van der Waals surface area (Å²) in [5.41, 5.74) is -0.635. The van der Waals surface area contributed by atoms with Gasteiger partial charge in [-0.15, -0.1) is 10.2 Å². The molecule has 0 aliphatic heterocycles. The van der Waals surface area contributed by atoms with E-state index in [1.165, 1.54) is 6.92 Å². The molecule has 24 heavy (non-hydrogen) atoms. The van der Waals surface area contributed by atoms with Crippen LogP contribution in [0.25, 0.3) is 0 Å². The average Bonchev–Trinajstić information content (AvgIpc) is 3.07. The molecule has 2 atom stereocenters. The van der Waals surface area contributed by atoms with Gasteiger partial charge in [-0.2, -0.15) is 13.2 Å². The monoisotopic (exact) mass is 341 g/mol. The molecule has 1 fully saturated rings. The van der Waals surface area contributed by atoms with Crippen molar-refractivity contribution < 1.29 is 17.6 Å². The Labute approximate surface area is 136 Å². The highest BCUT2D eigenvalue weighted by atomic mass is 19.4. The Morgan fingerprint density at radius 1 is 1.21 bits per heavy atom. The van der Waals surface area contributed by atoms with Gasteiger partial charge in [-0.05, 0) is 38.2 Å². The first-order chi connectivity index (χ1) is 11.3. The summed E-state index contributed by atoms with van der Waals surface area (Å²) in [5, 5.41) is 10.8. The lowest BCUT2D eigenvalue weighted by molar-refractivity contribution is -0.141. The van der Waals surface area contributed by atoms with Gasteiger partial charge < -0.3 is 9.73 Å². The number of alkyl halides is 3. The zero-order valence-electron chi connectivity index (χ0n) is 13.4. The molecule has 9 heteroatoms. The molecular weight excluding hydrogens is 323 g/mol. The topological polar surface area (TPSA) is 76.7 Å². The van der Waals surface area contributed by atoms with Crippen molar-refractivity contribution >= 4 is 5.95 Å². The van der Waals surface area contributed by atoms with Crippen LogP contribution in [-0.2, 0) is 12.6 Å². The predicted octanol–water partition coefficient (Wildman–Crippen LogP) is 3.32. The molecule has 1 aliphatic carbocycles. The lowest BCUT2D eigenvalue weighted by atomic mass is 10.0. The molecule has 2 heterocycles. The second-order valence-corrected chi connectivity index (χ2v) is 6.16. The van der Waals surface area contributed by atoms with E-state index in [-0.39, 0.29) is 17.7 Å². The van der Waals surface area contributed by atoms with Crippen LogP contribution in [0.5, 0.6) is 0 Å². The SMILES string of the molecule is Cc1cc(C(F)(F)F)nc(N[C@H]2CC[C@@H](Cc3nnc(C)o3)C2)n1. The van der Waals surface area contributed by atoms with Gasteiger partial charge in [0.2, 0.25) is 17.7 Å². The van der Waals surface area contributed by atoms with Crippen LogP contribution >= 0.6 is 0 Å². The van der Waals surface area contributed by atoms with E-state index in [1.807, 2.05) is 0 Å². The third kappa shape index (κ3) is 4.01. The maximum atomic E-state index is 12.8. The van der Waals surface area contributed by atoms with Crippen molar-refractivity contribution in [1.82, 2.24) is 20.2 Å². The highest BCUT2D eigenvalue weighted by Gasteiger charge is 2.34. The van der Waals surface area contributed by atoms with Gasteiger partial charge in [-0.1, -0.05) is 0 Å². The Hall–Kier alpha value is -2.19. The van der Waals surface area contributed by atoms with Crippen LogP contribution < -0.4 is 5.32 Å². The minimum Gasteiger partial charge on any atom is -0.426 e. The van der Waals surface area contributed by atoms with Crippen molar-refractivity contribution in [3.05, 3.63) is 29.2 Å². The van der Waals surface area contributed by atoms with Crippen molar-refractivity contribution in [2.24, 2.45) is 5.92 Å². The van der Waals surface area contributed by atoms with E-state index in [4.69, 9.17) is 4.42 Å². The van der Waals surface area contributed by atoms with Gasteiger partial charge in [0.05, 0.1) is 0 Å². The van der Waals surface area contributed by atoms with Crippen LogP contribution in [0, 0.1) is 19.8 Å². The van der Waals surface area contributed by atoms with Gasteiger partial charge in [0.25, 0.3) is 0 Å². The van der Waals surface area contributed by atoms with Crippen molar-refractivity contribution in [3.8, 4) is 0 Å². The van der Waals surface area contributed by atoms with Gasteiger partial charge in [0.15, 0.2) is 0 Å². The fourth-order valence-electron chi connectivity index (χ4n) is 3.02. The normalized spacial score (nSPS) is 21.2. The van der Waals surface area contributed by atoms with Crippen LogP contribution in [0.4, 0.5) is 19.1 Å². The summed E-state index contributed by atoms with van der Waals surface area (Å²) in [6.07, 6.45) is -1.20. The van der Waals surface area contributed by atoms with E-state index in [1.54, 1.807) is 6.92 Å². The highest BCUT2D eigenvalue weighted by Crippen LogP contribution is 2.31. The zero-order valence-corrected chi connectivity index (χ0v) is 13.4. The van der Waals surface area contributed by atoms with Gasteiger partial charge in [-0.25, -0.2) is 9.97 Å². The summed E-state index contributed by atoms with van der Waals surface area (Å²) in [5.74, 6) is 1.52. The lowest BCUT2D eigenvalue weighted by Crippen LogP contribution is -2.20. The van der Waals surface area contributed by atoms with E-state index in [0.29, 0.717) is 24.1 Å². The van der Waals surface area contributed by atoms with Crippen molar-refractivity contribution in [3.63, 3.8) is 0 Å². The van der Waals surface area contributed by atoms with Crippen molar-refractivity contribution in [2.75, 3.05) is 5.32 Å². The van der Waals surface area contributed by atoms with E-state index in [9.17, 15) is 13.2 Å². The molecular formula is C15H18F3N5O. The third-order valence-corrected chi connectivity index (χ3v) is 4.05. The summed E-state index contributed by atoms with van der Waals surface area (Å²) < 4.78 is 43.9. The van der Waals surface area contributed by atoms with Crippen molar-refractivity contribution in [1.29, 1.82) is 0 Å². The number of nitrogens with one attached hydrogen (secondary N) is 1. The quantitative estimate of drug-likeness (QED) is 0.919. The fraction of sp³-hybridized carbons (Fsp3) is 0.600. The molecule has 2 aromatic heterocycles. The first-order valence-corrected chi connectivity index (χ1v) is 7.78. The number of rotatable bonds is 4. The molecule has 130 valence electrons. The standard InChI is InChI=1S/C15H18F3N5O/c1-8-5-12(15(16,17)18)21-14(19-8)20-11-4-3-10(6-11)7-13-23-22-9(2)24-13/h5,10-11H,3-4,6-7H2,1-2H3,(H,19,20,21)/t10-,11+/m1/s1. The molecule has 6 nitrogen and oxygen atoms in total. The largest absolute Gasteiger partial charge is 0.433 e. The number of nitrogens with zero attached hydrogens (tertiary/aromatic N) is 4. The maximum absolute atomic E-state index is 12.8. The van der Waals surface area contributed by atoms with Gasteiger partial charge >= 0.3 is 6.18 Å². The van der Waals surface area contributed by atoms with Crippen LogP contribution in [0.3, 0.4) is 0 Å². The van der Waals surface area contributed by atoms with Crippen molar-refractivity contribution in [2.45, 2.75) is 51.7 Å². The van der Waals surface area contributed by atoms with Gasteiger partial charge in [-0.3, -0.25) is 0 Å². The van der Waals surface area contributed by atoms with Gasteiger partial charge in [0, 0.05) is 25.1 Å². The Bertz CT molecular complexity index is 715. The molecule has 1 aliphatic rings. The molecule has 0 unspecified atom stereocenters. The molecule has 1 saturated carbocycles. The van der Waals surface area contributed by atoms with Crippen LogP contribution in [-0.4, -0.2) is 26.2 Å². The van der Waals surface area contributed by atoms with Crippen LogP contribution in [0.1, 0.15) is 42.4 Å². The maximum Gasteiger partial charge on any atom is 0.433 e. The minimum atomic E-state index is -4.47. The summed E-state index contributed by atoms with van der Waals surface area (Å²) in [4.78, 5) is 7.65. The van der Waals surface area contributed by atoms with Crippen LogP contribution in [0.15, 0.2) is 10.5 Å². The number of anilines is 1. The molecule has 0 amide bonds. The van der Waals surface area contributed by atoms with Gasteiger partial charge in [0.1, 0.15) is 5.69 Å². The molecule has 0 aromatic carbocycles. The minimum absolute atomic E-state index is 0.0293. The summed E-state index contributed by atoms with van der Waals surface area (Å²) >= 11 is 0. The molecule has 0 saturated heterocycles. The second-order valence-electron chi connectivity index (χ2n) is 6.16. The molecule has 0 radical (unpaired) electrons. The fourth-order valence-corrected chi connectivity index (χ4v) is 3.02. The molecule has 3 rings (SSSR count). The van der Waals surface area contributed by atoms with E-state index >= 15 is 0 Å². The summed E-state index contributed by atoms with van der Waals surface area (Å²) in [6, 6.07) is 0.988. The number of halogens is 3. The number of hydrogen-bond donors (Lipinski definition) is 1. The smallest absolute Gasteiger partial charge is 0.426 e. The summed E-state index contributed by atoms with van der Waals surface area (Å²) in [7, 11) is 0. The Morgan fingerprint density at radius 3 is 2.67 bits per heavy atom. The summed E-state index contributed by atoms with van der Waals surface area (Å²) in [6.45, 7) is 3.26. The Balaban J connectivity index is 1.62. The molecule has 0 spiro atoms. The third-order valence-electron chi connectivity index (χ3n) is 4.05. The van der Waals surface area contributed by atoms with Crippen LogP contribution in [0.2, 0.25) is 0 Å². The van der Waals surface area contributed by atoms with E-state index in [0.717, 1.165) is 25.3 Å². The molecule has 0 bridgehead atoms. The zero-order chi connectivity index (χ0) is 17.3. The van der Waals surface area contributed by atoms with E-state index in [2.05, 4.69) is 25.5 Å². The molecule has 2 aromatic rings. The predicted molar refractivity (Wildman–Crippen MR) is 79.3 cm³/mol. The number of aromatic nitrogens is 4. The highest BCUT2D eigenvalue weighted by molar-refractivity contribution is 5.30.